The maximum Gasteiger partial charge on any atom is 0.218 e. The Morgan fingerprint density at radius 1 is 1.41 bits per heavy atom. The zero-order valence-corrected chi connectivity index (χ0v) is 11.0. The predicted octanol–water partition coefficient (Wildman–Crippen LogP) is 1.58. The van der Waals surface area contributed by atoms with Gasteiger partial charge in [-0.15, -0.1) is 0 Å². The van der Waals surface area contributed by atoms with E-state index in [4.69, 9.17) is 10.5 Å². The largest absolute Gasteiger partial charge is 0.478 e. The van der Waals surface area contributed by atoms with Crippen LogP contribution >= 0.6 is 0 Å². The van der Waals surface area contributed by atoms with Gasteiger partial charge < -0.3 is 15.8 Å². The predicted molar refractivity (Wildman–Crippen MR) is 69.2 cm³/mol. The molecule has 1 unspecified atom stereocenters. The highest BCUT2D eigenvalue weighted by molar-refractivity contribution is 5.38. The van der Waals surface area contributed by atoms with Gasteiger partial charge >= 0.3 is 0 Å². The fourth-order valence-corrected chi connectivity index (χ4v) is 1.31. The molecule has 0 aromatic carbocycles. The van der Waals surface area contributed by atoms with Gasteiger partial charge in [0.15, 0.2) is 0 Å². The molecule has 1 aromatic heterocycles. The van der Waals surface area contributed by atoms with E-state index in [2.05, 4.69) is 29.1 Å². The van der Waals surface area contributed by atoms with Crippen LogP contribution in [0.15, 0.2) is 6.07 Å². The molecule has 0 radical (unpaired) electrons. The molecule has 5 heteroatoms. The van der Waals surface area contributed by atoms with Crippen molar-refractivity contribution in [3.05, 3.63) is 11.9 Å². The second kappa shape index (κ2) is 6.39. The van der Waals surface area contributed by atoms with E-state index in [0.717, 1.165) is 5.82 Å². The van der Waals surface area contributed by atoms with Crippen molar-refractivity contribution in [2.75, 3.05) is 18.5 Å². The van der Waals surface area contributed by atoms with Crippen molar-refractivity contribution in [1.82, 2.24) is 9.97 Å². The van der Waals surface area contributed by atoms with Crippen LogP contribution in [0, 0.1) is 12.8 Å². The SMILES string of the molecule is CCOc1cc(NCC(N)C(C)C)nc(C)n1. The summed E-state index contributed by atoms with van der Waals surface area (Å²) in [6.45, 7) is 9.27. The molecule has 1 heterocycles. The van der Waals surface area contributed by atoms with E-state index >= 15 is 0 Å². The number of nitrogens with one attached hydrogen (secondary N) is 1. The zero-order chi connectivity index (χ0) is 12.8. The Morgan fingerprint density at radius 3 is 2.71 bits per heavy atom. The van der Waals surface area contributed by atoms with Crippen molar-refractivity contribution in [2.45, 2.75) is 33.7 Å². The summed E-state index contributed by atoms with van der Waals surface area (Å²) in [7, 11) is 0. The van der Waals surface area contributed by atoms with E-state index in [1.165, 1.54) is 0 Å². The van der Waals surface area contributed by atoms with Gasteiger partial charge in [-0.3, -0.25) is 0 Å². The molecule has 0 spiro atoms. The van der Waals surface area contributed by atoms with Crippen LogP contribution in [0.5, 0.6) is 5.88 Å². The monoisotopic (exact) mass is 238 g/mol. The number of nitrogens with two attached hydrogens (primary N) is 1. The fraction of sp³-hybridized carbons (Fsp3) is 0.667. The maximum absolute atomic E-state index is 5.96. The molecule has 96 valence electrons. The summed E-state index contributed by atoms with van der Waals surface area (Å²) < 4.78 is 5.36. The minimum Gasteiger partial charge on any atom is -0.478 e. The van der Waals surface area contributed by atoms with Crippen molar-refractivity contribution in [3.8, 4) is 5.88 Å². The van der Waals surface area contributed by atoms with Crippen LogP contribution in [0.2, 0.25) is 0 Å². The van der Waals surface area contributed by atoms with E-state index in [1.54, 1.807) is 6.07 Å². The number of nitrogens with zero attached hydrogens (tertiary/aromatic N) is 2. The normalized spacial score (nSPS) is 12.6. The number of hydrogen-bond donors (Lipinski definition) is 2. The van der Waals surface area contributed by atoms with Gasteiger partial charge in [0.2, 0.25) is 5.88 Å². The van der Waals surface area contributed by atoms with Gasteiger partial charge in [-0.1, -0.05) is 13.8 Å². The third kappa shape index (κ3) is 4.56. The summed E-state index contributed by atoms with van der Waals surface area (Å²) in [5.41, 5.74) is 5.96. The van der Waals surface area contributed by atoms with Crippen molar-refractivity contribution in [1.29, 1.82) is 0 Å². The number of anilines is 1. The first-order valence-electron chi connectivity index (χ1n) is 6.00. The van der Waals surface area contributed by atoms with Gasteiger partial charge in [0.25, 0.3) is 0 Å². The van der Waals surface area contributed by atoms with Crippen LogP contribution in [0.4, 0.5) is 5.82 Å². The van der Waals surface area contributed by atoms with E-state index in [1.807, 2.05) is 13.8 Å². The highest BCUT2D eigenvalue weighted by atomic mass is 16.5. The molecule has 0 aliphatic heterocycles. The number of hydrogen-bond acceptors (Lipinski definition) is 5. The van der Waals surface area contributed by atoms with Crippen LogP contribution in [0.25, 0.3) is 0 Å². The standard InChI is InChI=1S/C12H22N4O/c1-5-17-12-6-11(15-9(4)16-12)14-7-10(13)8(2)3/h6,8,10H,5,7,13H2,1-4H3,(H,14,15,16). The molecular weight excluding hydrogens is 216 g/mol. The van der Waals surface area contributed by atoms with Crippen LogP contribution in [-0.4, -0.2) is 29.2 Å². The van der Waals surface area contributed by atoms with Crippen molar-refractivity contribution >= 4 is 5.82 Å². The second-order valence-corrected chi connectivity index (χ2v) is 4.36. The van der Waals surface area contributed by atoms with Crippen molar-refractivity contribution in [2.24, 2.45) is 11.7 Å². The Balaban J connectivity index is 2.64. The highest BCUT2D eigenvalue weighted by Gasteiger charge is 2.08. The number of rotatable bonds is 6. The van der Waals surface area contributed by atoms with E-state index in [0.29, 0.717) is 30.8 Å². The van der Waals surface area contributed by atoms with Gasteiger partial charge in [0.05, 0.1) is 6.61 Å². The third-order valence-electron chi connectivity index (χ3n) is 2.48. The highest BCUT2D eigenvalue weighted by Crippen LogP contribution is 2.13. The number of aromatic nitrogens is 2. The van der Waals surface area contributed by atoms with Gasteiger partial charge in [-0.2, -0.15) is 4.98 Å². The lowest BCUT2D eigenvalue weighted by molar-refractivity contribution is 0.325. The van der Waals surface area contributed by atoms with E-state index in [9.17, 15) is 0 Å². The molecule has 1 rings (SSSR count). The molecular formula is C12H22N4O. The first kappa shape index (κ1) is 13.7. The molecule has 3 N–H and O–H groups in total. The summed E-state index contributed by atoms with van der Waals surface area (Å²) in [4.78, 5) is 8.47. The van der Waals surface area contributed by atoms with E-state index < -0.39 is 0 Å². The van der Waals surface area contributed by atoms with Crippen LogP contribution in [0.1, 0.15) is 26.6 Å². The molecule has 0 fully saturated rings. The molecule has 0 bridgehead atoms. The molecule has 0 amide bonds. The lowest BCUT2D eigenvalue weighted by Crippen LogP contribution is -2.34. The Morgan fingerprint density at radius 2 is 2.12 bits per heavy atom. The summed E-state index contributed by atoms with van der Waals surface area (Å²) in [6.07, 6.45) is 0. The third-order valence-corrected chi connectivity index (χ3v) is 2.48. The summed E-state index contributed by atoms with van der Waals surface area (Å²) in [5.74, 6) is 2.49. The number of aryl methyl sites for hydroxylation is 1. The molecule has 1 atom stereocenters. The smallest absolute Gasteiger partial charge is 0.218 e. The van der Waals surface area contributed by atoms with Gasteiger partial charge in [-0.25, -0.2) is 4.98 Å². The molecule has 0 aliphatic rings. The first-order valence-corrected chi connectivity index (χ1v) is 6.00. The van der Waals surface area contributed by atoms with Crippen LogP contribution in [-0.2, 0) is 0 Å². The number of ether oxygens (including phenoxy) is 1. The molecule has 1 aromatic rings. The average Bonchev–Trinajstić information content (AvgIpc) is 2.25. The van der Waals surface area contributed by atoms with E-state index in [-0.39, 0.29) is 6.04 Å². The quantitative estimate of drug-likeness (QED) is 0.787. The molecule has 5 nitrogen and oxygen atoms in total. The van der Waals surface area contributed by atoms with Crippen LogP contribution < -0.4 is 15.8 Å². The Labute approximate surface area is 103 Å². The first-order chi connectivity index (χ1) is 8.02. The average molecular weight is 238 g/mol. The summed E-state index contributed by atoms with van der Waals surface area (Å²) in [5, 5.41) is 3.21. The minimum absolute atomic E-state index is 0.112. The maximum atomic E-state index is 5.96. The Kier molecular flexibility index (Phi) is 5.15. The molecule has 0 saturated heterocycles. The molecule has 0 aliphatic carbocycles. The second-order valence-electron chi connectivity index (χ2n) is 4.36. The van der Waals surface area contributed by atoms with Gasteiger partial charge in [0, 0.05) is 18.7 Å². The van der Waals surface area contributed by atoms with Crippen LogP contribution in [0.3, 0.4) is 0 Å². The minimum atomic E-state index is 0.112. The fourth-order valence-electron chi connectivity index (χ4n) is 1.31. The topological polar surface area (TPSA) is 73.1 Å². The van der Waals surface area contributed by atoms with Gasteiger partial charge in [-0.05, 0) is 19.8 Å². The lowest BCUT2D eigenvalue weighted by atomic mass is 10.1. The molecule has 17 heavy (non-hydrogen) atoms. The van der Waals surface area contributed by atoms with Crippen molar-refractivity contribution < 1.29 is 4.74 Å². The zero-order valence-electron chi connectivity index (χ0n) is 11.0. The lowest BCUT2D eigenvalue weighted by Gasteiger charge is -2.16. The Bertz CT molecular complexity index is 354. The van der Waals surface area contributed by atoms with Gasteiger partial charge in [0.1, 0.15) is 11.6 Å². The summed E-state index contributed by atoms with van der Waals surface area (Å²) >= 11 is 0. The van der Waals surface area contributed by atoms with Crippen molar-refractivity contribution in [3.63, 3.8) is 0 Å². The summed E-state index contributed by atoms with van der Waals surface area (Å²) in [6, 6.07) is 1.91. The Hall–Kier alpha value is -1.36. The molecule has 0 saturated carbocycles.